The lowest BCUT2D eigenvalue weighted by Gasteiger charge is -2.22. The van der Waals surface area contributed by atoms with Crippen molar-refractivity contribution in [1.82, 2.24) is 25.3 Å². The Morgan fingerprint density at radius 3 is 2.84 bits per heavy atom. The number of aryl methyl sites for hydroxylation is 1. The SMILES string of the molecule is CN=C(NCc1cccc(OCC(=O)NC2CC2)c1)N(C)Cc1cn(C)nc1C(C)C. The van der Waals surface area contributed by atoms with Crippen molar-refractivity contribution in [2.45, 2.75) is 51.7 Å². The van der Waals surface area contributed by atoms with Gasteiger partial charge in [-0.1, -0.05) is 26.0 Å². The Kier molecular flexibility index (Phi) is 7.55. The van der Waals surface area contributed by atoms with E-state index in [2.05, 4.69) is 45.7 Å². The van der Waals surface area contributed by atoms with Gasteiger partial charge in [0.05, 0.1) is 5.69 Å². The Morgan fingerprint density at radius 2 is 2.16 bits per heavy atom. The zero-order chi connectivity index (χ0) is 22.4. The van der Waals surface area contributed by atoms with Gasteiger partial charge < -0.3 is 20.3 Å². The molecule has 2 N–H and O–H groups in total. The molecule has 0 aliphatic heterocycles. The molecule has 1 heterocycles. The molecule has 1 aliphatic carbocycles. The van der Waals surface area contributed by atoms with E-state index >= 15 is 0 Å². The van der Waals surface area contributed by atoms with Crippen LogP contribution in [0.5, 0.6) is 5.75 Å². The quantitative estimate of drug-likeness (QED) is 0.475. The molecule has 0 bridgehead atoms. The standard InChI is InChI=1S/C23H34N6O2/c1-16(2)22-18(14-29(5)27-22)13-28(4)23(24-3)25-12-17-7-6-8-20(11-17)31-15-21(30)26-19-9-10-19/h6-8,11,14,16,19H,9-10,12-13,15H2,1-5H3,(H,24,25)(H,26,30). The maximum Gasteiger partial charge on any atom is 0.258 e. The maximum atomic E-state index is 11.8. The summed E-state index contributed by atoms with van der Waals surface area (Å²) < 4.78 is 7.51. The third-order valence-electron chi connectivity index (χ3n) is 5.13. The molecule has 1 aromatic carbocycles. The van der Waals surface area contributed by atoms with Crippen LogP contribution < -0.4 is 15.4 Å². The lowest BCUT2D eigenvalue weighted by molar-refractivity contribution is -0.123. The number of benzene rings is 1. The fourth-order valence-corrected chi connectivity index (χ4v) is 3.45. The van der Waals surface area contributed by atoms with E-state index in [1.54, 1.807) is 7.05 Å². The van der Waals surface area contributed by atoms with E-state index < -0.39 is 0 Å². The van der Waals surface area contributed by atoms with Crippen LogP contribution in [-0.2, 0) is 24.9 Å². The second-order valence-corrected chi connectivity index (χ2v) is 8.40. The molecule has 1 aromatic heterocycles. The van der Waals surface area contributed by atoms with Gasteiger partial charge in [-0.3, -0.25) is 14.5 Å². The lowest BCUT2D eigenvalue weighted by Crippen LogP contribution is -2.38. The minimum atomic E-state index is -0.0655. The predicted molar refractivity (Wildman–Crippen MR) is 122 cm³/mol. The molecule has 168 valence electrons. The predicted octanol–water partition coefficient (Wildman–Crippen LogP) is 2.41. The van der Waals surface area contributed by atoms with Crippen LogP contribution in [-0.4, -0.2) is 53.3 Å². The van der Waals surface area contributed by atoms with Crippen LogP contribution in [0.4, 0.5) is 0 Å². The highest BCUT2D eigenvalue weighted by molar-refractivity contribution is 5.79. The van der Waals surface area contributed by atoms with Crippen LogP contribution in [0.15, 0.2) is 35.5 Å². The number of carbonyl (C=O) groups is 1. The molecule has 8 nitrogen and oxygen atoms in total. The van der Waals surface area contributed by atoms with Crippen molar-refractivity contribution in [3.05, 3.63) is 47.3 Å². The summed E-state index contributed by atoms with van der Waals surface area (Å²) in [6, 6.07) is 8.11. The number of nitrogens with zero attached hydrogens (tertiary/aromatic N) is 4. The van der Waals surface area contributed by atoms with E-state index in [-0.39, 0.29) is 12.5 Å². The van der Waals surface area contributed by atoms with Gasteiger partial charge in [-0.15, -0.1) is 0 Å². The summed E-state index contributed by atoms with van der Waals surface area (Å²) in [6.07, 6.45) is 4.21. The van der Waals surface area contributed by atoms with Gasteiger partial charge in [-0.2, -0.15) is 5.10 Å². The van der Waals surface area contributed by atoms with E-state index in [4.69, 9.17) is 4.74 Å². The highest BCUT2D eigenvalue weighted by atomic mass is 16.5. The molecule has 0 saturated heterocycles. The molecule has 0 unspecified atom stereocenters. The van der Waals surface area contributed by atoms with E-state index in [1.807, 2.05) is 43.0 Å². The van der Waals surface area contributed by atoms with Crippen molar-refractivity contribution in [3.63, 3.8) is 0 Å². The number of aromatic nitrogens is 2. The summed E-state index contributed by atoms with van der Waals surface area (Å²) in [7, 11) is 5.75. The van der Waals surface area contributed by atoms with Gasteiger partial charge >= 0.3 is 0 Å². The normalized spacial score (nSPS) is 13.9. The molecule has 3 rings (SSSR count). The number of amides is 1. The Morgan fingerprint density at radius 1 is 1.39 bits per heavy atom. The van der Waals surface area contributed by atoms with Crippen LogP contribution in [0.3, 0.4) is 0 Å². The first kappa shape index (κ1) is 22.7. The third-order valence-corrected chi connectivity index (χ3v) is 5.13. The molecule has 0 spiro atoms. The lowest BCUT2D eigenvalue weighted by atomic mass is 10.1. The summed E-state index contributed by atoms with van der Waals surface area (Å²) in [6.45, 7) is 5.68. The van der Waals surface area contributed by atoms with Crippen molar-refractivity contribution < 1.29 is 9.53 Å². The monoisotopic (exact) mass is 426 g/mol. The molecule has 2 aromatic rings. The van der Waals surface area contributed by atoms with Crippen LogP contribution in [0, 0.1) is 0 Å². The van der Waals surface area contributed by atoms with Gasteiger partial charge in [0.2, 0.25) is 0 Å². The van der Waals surface area contributed by atoms with Crippen LogP contribution >= 0.6 is 0 Å². The molecular weight excluding hydrogens is 392 g/mol. The van der Waals surface area contributed by atoms with E-state index in [1.165, 1.54) is 5.56 Å². The Bertz CT molecular complexity index is 917. The highest BCUT2D eigenvalue weighted by Crippen LogP contribution is 2.19. The van der Waals surface area contributed by atoms with Crippen LogP contribution in [0.25, 0.3) is 0 Å². The van der Waals surface area contributed by atoms with Crippen LogP contribution in [0.2, 0.25) is 0 Å². The number of aliphatic imine (C=N–C) groups is 1. The van der Waals surface area contributed by atoms with Gasteiger partial charge in [-0.25, -0.2) is 0 Å². The van der Waals surface area contributed by atoms with Gasteiger partial charge in [-0.05, 0) is 36.5 Å². The van der Waals surface area contributed by atoms with E-state index in [0.717, 1.165) is 36.6 Å². The molecule has 1 amide bonds. The smallest absolute Gasteiger partial charge is 0.258 e. The van der Waals surface area contributed by atoms with Gasteiger partial charge in [0.25, 0.3) is 5.91 Å². The fraction of sp³-hybridized carbons (Fsp3) is 0.522. The number of rotatable bonds is 9. The zero-order valence-corrected chi connectivity index (χ0v) is 19.2. The second kappa shape index (κ2) is 10.3. The molecular formula is C23H34N6O2. The van der Waals surface area contributed by atoms with Crippen molar-refractivity contribution in [1.29, 1.82) is 0 Å². The molecule has 0 radical (unpaired) electrons. The molecule has 1 fully saturated rings. The number of guanidine groups is 1. The minimum Gasteiger partial charge on any atom is -0.484 e. The van der Waals surface area contributed by atoms with Crippen molar-refractivity contribution in [3.8, 4) is 5.75 Å². The molecule has 8 heteroatoms. The largest absolute Gasteiger partial charge is 0.484 e. The average molecular weight is 427 g/mol. The zero-order valence-electron chi connectivity index (χ0n) is 19.2. The highest BCUT2D eigenvalue weighted by Gasteiger charge is 2.23. The third kappa shape index (κ3) is 6.73. The van der Waals surface area contributed by atoms with E-state index in [9.17, 15) is 4.79 Å². The Hall–Kier alpha value is -3.03. The Labute approximate surface area is 184 Å². The molecule has 0 atom stereocenters. The fourth-order valence-electron chi connectivity index (χ4n) is 3.45. The summed E-state index contributed by atoms with van der Waals surface area (Å²) in [5, 5.41) is 10.9. The molecule has 1 saturated carbocycles. The van der Waals surface area contributed by atoms with Gasteiger partial charge in [0.15, 0.2) is 12.6 Å². The first-order valence-corrected chi connectivity index (χ1v) is 10.8. The summed E-state index contributed by atoms with van der Waals surface area (Å²) >= 11 is 0. The van der Waals surface area contributed by atoms with Crippen molar-refractivity contribution >= 4 is 11.9 Å². The van der Waals surface area contributed by atoms with Crippen molar-refractivity contribution in [2.75, 3.05) is 20.7 Å². The minimum absolute atomic E-state index is 0.0427. The second-order valence-electron chi connectivity index (χ2n) is 8.40. The number of hydrogen-bond donors (Lipinski definition) is 2. The topological polar surface area (TPSA) is 83.8 Å². The number of carbonyl (C=O) groups excluding carboxylic acids is 1. The molecule has 1 aliphatic rings. The Balaban J connectivity index is 1.53. The number of nitrogens with one attached hydrogen (secondary N) is 2. The average Bonchev–Trinajstić information content (AvgIpc) is 3.47. The van der Waals surface area contributed by atoms with Crippen LogP contribution in [0.1, 0.15) is 49.4 Å². The summed E-state index contributed by atoms with van der Waals surface area (Å²) in [4.78, 5) is 18.3. The maximum absolute atomic E-state index is 11.8. The molecule has 31 heavy (non-hydrogen) atoms. The van der Waals surface area contributed by atoms with Gasteiger partial charge in [0, 0.05) is 52.0 Å². The summed E-state index contributed by atoms with van der Waals surface area (Å²) in [5.41, 5.74) is 3.36. The first-order valence-electron chi connectivity index (χ1n) is 10.8. The number of hydrogen-bond acceptors (Lipinski definition) is 4. The van der Waals surface area contributed by atoms with Crippen molar-refractivity contribution in [2.24, 2.45) is 12.0 Å². The van der Waals surface area contributed by atoms with E-state index in [0.29, 0.717) is 24.3 Å². The number of ether oxygens (including phenoxy) is 1. The first-order chi connectivity index (χ1) is 14.9. The summed E-state index contributed by atoms with van der Waals surface area (Å²) in [5.74, 6) is 1.79. The van der Waals surface area contributed by atoms with Gasteiger partial charge in [0.1, 0.15) is 5.75 Å².